The molecule has 4 nitrogen and oxygen atoms in total. The van der Waals surface area contributed by atoms with Gasteiger partial charge in [0.1, 0.15) is 0 Å². The molecule has 2 aromatic heterocycles. The first-order valence-electron chi connectivity index (χ1n) is 3.87. The molecule has 0 fully saturated rings. The number of hydrogen-bond acceptors (Lipinski definition) is 2. The maximum absolute atomic E-state index is 11.4. The van der Waals surface area contributed by atoms with Gasteiger partial charge >= 0.3 is 5.69 Å². The molecule has 12 heavy (non-hydrogen) atoms. The highest BCUT2D eigenvalue weighted by molar-refractivity contribution is 5.35. The zero-order valence-corrected chi connectivity index (χ0v) is 6.77. The van der Waals surface area contributed by atoms with E-state index in [-0.39, 0.29) is 5.69 Å². The first-order valence-corrected chi connectivity index (χ1v) is 3.87. The zero-order valence-electron chi connectivity index (χ0n) is 6.77. The summed E-state index contributed by atoms with van der Waals surface area (Å²) in [5.74, 6) is 0. The van der Waals surface area contributed by atoms with Crippen LogP contribution in [0.4, 0.5) is 0 Å². The van der Waals surface area contributed by atoms with Gasteiger partial charge in [-0.3, -0.25) is 4.40 Å². The van der Waals surface area contributed by atoms with Crippen LogP contribution in [0.3, 0.4) is 0 Å². The summed E-state index contributed by atoms with van der Waals surface area (Å²) in [4.78, 5) is 11.4. The highest BCUT2D eigenvalue weighted by atomic mass is 16.2. The van der Waals surface area contributed by atoms with E-state index in [0.29, 0.717) is 12.2 Å². The van der Waals surface area contributed by atoms with Crippen LogP contribution < -0.4 is 5.69 Å². The number of fused-ring (bicyclic) bond motifs is 1. The van der Waals surface area contributed by atoms with Crippen LogP contribution in [0.25, 0.3) is 5.65 Å². The van der Waals surface area contributed by atoms with E-state index in [0.717, 1.165) is 0 Å². The van der Waals surface area contributed by atoms with E-state index < -0.39 is 0 Å². The van der Waals surface area contributed by atoms with Crippen LogP contribution in [0.5, 0.6) is 0 Å². The molecule has 0 saturated heterocycles. The lowest BCUT2D eigenvalue weighted by Crippen LogP contribution is -2.19. The second-order valence-electron chi connectivity index (χ2n) is 2.53. The molecular formula is C8H9N3O. The molecule has 0 N–H and O–H groups in total. The van der Waals surface area contributed by atoms with Crippen LogP contribution in [-0.2, 0) is 6.54 Å². The average molecular weight is 163 g/mol. The van der Waals surface area contributed by atoms with Gasteiger partial charge in [-0.15, -0.1) is 5.10 Å². The number of rotatable bonds is 1. The number of aryl methyl sites for hydroxylation is 1. The third-order valence-corrected chi connectivity index (χ3v) is 1.79. The topological polar surface area (TPSA) is 39.3 Å². The molecule has 0 amide bonds. The Labute approximate surface area is 69.1 Å². The molecule has 0 spiro atoms. The fourth-order valence-electron chi connectivity index (χ4n) is 1.17. The van der Waals surface area contributed by atoms with Gasteiger partial charge in [0, 0.05) is 12.7 Å². The van der Waals surface area contributed by atoms with Crippen LogP contribution >= 0.6 is 0 Å². The Balaban J connectivity index is 2.88. The molecule has 4 heteroatoms. The summed E-state index contributed by atoms with van der Waals surface area (Å²) >= 11 is 0. The maximum atomic E-state index is 11.4. The molecule has 0 unspecified atom stereocenters. The average Bonchev–Trinajstić information content (AvgIpc) is 2.44. The van der Waals surface area contributed by atoms with Gasteiger partial charge in [-0.25, -0.2) is 9.48 Å². The van der Waals surface area contributed by atoms with Crippen molar-refractivity contribution in [1.82, 2.24) is 14.2 Å². The zero-order chi connectivity index (χ0) is 8.55. The fraction of sp³-hybridized carbons (Fsp3) is 0.250. The monoisotopic (exact) mass is 163 g/mol. The van der Waals surface area contributed by atoms with Crippen molar-refractivity contribution in [3.8, 4) is 0 Å². The van der Waals surface area contributed by atoms with Crippen LogP contribution in [0.2, 0.25) is 0 Å². The molecule has 0 aliphatic carbocycles. The van der Waals surface area contributed by atoms with Crippen LogP contribution in [-0.4, -0.2) is 14.2 Å². The quantitative estimate of drug-likeness (QED) is 0.614. The lowest BCUT2D eigenvalue weighted by Gasteiger charge is -1.86. The highest BCUT2D eigenvalue weighted by Crippen LogP contribution is 1.93. The van der Waals surface area contributed by atoms with Gasteiger partial charge in [-0.1, -0.05) is 6.07 Å². The van der Waals surface area contributed by atoms with E-state index in [9.17, 15) is 4.79 Å². The molecule has 2 heterocycles. The summed E-state index contributed by atoms with van der Waals surface area (Å²) < 4.78 is 2.97. The number of aromatic nitrogens is 3. The fourth-order valence-corrected chi connectivity index (χ4v) is 1.17. The number of nitrogens with zero attached hydrogens (tertiary/aromatic N) is 3. The highest BCUT2D eigenvalue weighted by Gasteiger charge is 2.01. The smallest absolute Gasteiger partial charge is 0.250 e. The Morgan fingerprint density at radius 1 is 1.50 bits per heavy atom. The molecule has 0 saturated carbocycles. The predicted octanol–water partition coefficient (Wildman–Crippen LogP) is 0.516. The largest absolute Gasteiger partial charge is 0.350 e. The molecule has 0 aromatic carbocycles. The van der Waals surface area contributed by atoms with Crippen molar-refractivity contribution >= 4 is 5.65 Å². The number of hydrogen-bond donors (Lipinski definition) is 0. The lowest BCUT2D eigenvalue weighted by molar-refractivity contribution is 0.633. The molecule has 2 aromatic rings. The van der Waals surface area contributed by atoms with Gasteiger partial charge in [0.15, 0.2) is 5.65 Å². The van der Waals surface area contributed by atoms with E-state index in [1.54, 1.807) is 6.20 Å². The van der Waals surface area contributed by atoms with E-state index >= 15 is 0 Å². The Hall–Kier alpha value is -1.58. The maximum Gasteiger partial charge on any atom is 0.350 e. The molecule has 0 aliphatic heterocycles. The van der Waals surface area contributed by atoms with Gasteiger partial charge < -0.3 is 0 Å². The van der Waals surface area contributed by atoms with Gasteiger partial charge in [0.05, 0.1) is 0 Å². The van der Waals surface area contributed by atoms with Gasteiger partial charge in [0.25, 0.3) is 0 Å². The molecule has 2 rings (SSSR count). The molecule has 0 radical (unpaired) electrons. The summed E-state index contributed by atoms with van der Waals surface area (Å²) in [5, 5.41) is 4.10. The molecule has 62 valence electrons. The Kier molecular flexibility index (Phi) is 1.46. The van der Waals surface area contributed by atoms with Crippen LogP contribution in [0.15, 0.2) is 29.2 Å². The minimum atomic E-state index is -0.0758. The van der Waals surface area contributed by atoms with E-state index in [2.05, 4.69) is 5.10 Å². The second kappa shape index (κ2) is 2.48. The predicted molar refractivity (Wildman–Crippen MR) is 45.1 cm³/mol. The first-order chi connectivity index (χ1) is 5.83. The lowest BCUT2D eigenvalue weighted by atomic mass is 10.5. The van der Waals surface area contributed by atoms with Crippen molar-refractivity contribution in [1.29, 1.82) is 0 Å². The third kappa shape index (κ3) is 0.845. The molecule has 0 atom stereocenters. The van der Waals surface area contributed by atoms with Crippen LogP contribution in [0.1, 0.15) is 6.92 Å². The third-order valence-electron chi connectivity index (χ3n) is 1.79. The Morgan fingerprint density at radius 3 is 3.00 bits per heavy atom. The minimum Gasteiger partial charge on any atom is -0.250 e. The normalized spacial score (nSPS) is 10.8. The van der Waals surface area contributed by atoms with Gasteiger partial charge in [-0.2, -0.15) is 0 Å². The van der Waals surface area contributed by atoms with Crippen molar-refractivity contribution in [2.75, 3.05) is 0 Å². The number of pyridine rings is 1. The van der Waals surface area contributed by atoms with Crippen molar-refractivity contribution in [2.45, 2.75) is 13.5 Å². The summed E-state index contributed by atoms with van der Waals surface area (Å²) in [6, 6.07) is 5.49. The molecule has 0 aliphatic rings. The summed E-state index contributed by atoms with van der Waals surface area (Å²) in [6.45, 7) is 2.51. The summed E-state index contributed by atoms with van der Waals surface area (Å²) in [6.07, 6.45) is 1.72. The van der Waals surface area contributed by atoms with E-state index in [4.69, 9.17) is 0 Å². The minimum absolute atomic E-state index is 0.0758. The van der Waals surface area contributed by atoms with Gasteiger partial charge in [-0.05, 0) is 19.1 Å². The standard InChI is InChI=1S/C8H9N3O/c1-2-11-8(12)10-6-4-3-5-7(10)9-11/h3-6H,2H2,1H3. The molecule has 0 bridgehead atoms. The Bertz CT molecular complexity index is 455. The van der Waals surface area contributed by atoms with Gasteiger partial charge in [0.2, 0.25) is 0 Å². The van der Waals surface area contributed by atoms with Crippen molar-refractivity contribution in [2.24, 2.45) is 0 Å². The SMILES string of the molecule is CCn1nc2ccccn2c1=O. The van der Waals surface area contributed by atoms with Crippen LogP contribution in [0, 0.1) is 0 Å². The molecular weight excluding hydrogens is 154 g/mol. The van der Waals surface area contributed by atoms with Crippen molar-refractivity contribution in [3.05, 3.63) is 34.9 Å². The van der Waals surface area contributed by atoms with Crippen molar-refractivity contribution in [3.63, 3.8) is 0 Å². The second-order valence-corrected chi connectivity index (χ2v) is 2.53. The van der Waals surface area contributed by atoms with E-state index in [1.807, 2.05) is 25.1 Å². The van der Waals surface area contributed by atoms with Crippen molar-refractivity contribution < 1.29 is 0 Å². The Morgan fingerprint density at radius 2 is 2.33 bits per heavy atom. The summed E-state index contributed by atoms with van der Waals surface area (Å²) in [5.41, 5.74) is 0.623. The first kappa shape index (κ1) is 7.09. The van der Waals surface area contributed by atoms with E-state index in [1.165, 1.54) is 9.08 Å². The summed E-state index contributed by atoms with van der Waals surface area (Å²) in [7, 11) is 0.